The highest BCUT2D eigenvalue weighted by molar-refractivity contribution is 6.39. The molecule has 3 rings (SSSR count). The third-order valence-electron chi connectivity index (χ3n) is 4.77. The van der Waals surface area contributed by atoms with Gasteiger partial charge in [0.15, 0.2) is 11.5 Å². The summed E-state index contributed by atoms with van der Waals surface area (Å²) in [4.78, 5) is 24.2. The molecule has 10 heteroatoms. The van der Waals surface area contributed by atoms with Crippen LogP contribution in [0.25, 0.3) is 0 Å². The summed E-state index contributed by atoms with van der Waals surface area (Å²) in [6.45, 7) is 6.35. The molecular formula is C27H25Cl2N3O5. The third-order valence-corrected chi connectivity index (χ3v) is 5.48. The van der Waals surface area contributed by atoms with E-state index >= 15 is 0 Å². The van der Waals surface area contributed by atoms with Crippen molar-refractivity contribution >= 4 is 46.9 Å². The van der Waals surface area contributed by atoms with E-state index in [1.165, 1.54) is 6.21 Å². The molecule has 0 aromatic heterocycles. The summed E-state index contributed by atoms with van der Waals surface area (Å²) in [6, 6.07) is 16.9. The monoisotopic (exact) mass is 541 g/mol. The fourth-order valence-corrected chi connectivity index (χ4v) is 3.51. The van der Waals surface area contributed by atoms with Gasteiger partial charge in [0, 0.05) is 21.3 Å². The van der Waals surface area contributed by atoms with Crippen molar-refractivity contribution in [3.8, 4) is 17.2 Å². The zero-order chi connectivity index (χ0) is 26.6. The lowest BCUT2D eigenvalue weighted by molar-refractivity contribution is -0.136. The molecule has 0 atom stereocenters. The zero-order valence-corrected chi connectivity index (χ0v) is 21.5. The second-order valence-corrected chi connectivity index (χ2v) is 8.22. The molecule has 3 aromatic carbocycles. The van der Waals surface area contributed by atoms with Gasteiger partial charge in [0.2, 0.25) is 0 Å². The number of hydrogen-bond acceptors (Lipinski definition) is 6. The van der Waals surface area contributed by atoms with Crippen LogP contribution >= 0.6 is 23.2 Å². The van der Waals surface area contributed by atoms with Gasteiger partial charge in [-0.05, 0) is 67.1 Å². The average Bonchev–Trinajstić information content (AvgIpc) is 2.89. The van der Waals surface area contributed by atoms with Gasteiger partial charge >= 0.3 is 11.8 Å². The van der Waals surface area contributed by atoms with Gasteiger partial charge < -0.3 is 19.5 Å². The highest BCUT2D eigenvalue weighted by atomic mass is 35.5. The standard InChI is InChI=1S/C27H25Cl2N3O5/c1-3-14-36-20-11-9-19(10-12-20)31-26(33)27(34)32-30-16-18-8-13-24(25(15-18)35-4-2)37-17-21-22(28)6-5-7-23(21)29/h3,5-13,15-16H,1,4,14,17H2,2H3,(H,31,33)(H,32,34)/b30-16-. The largest absolute Gasteiger partial charge is 0.490 e. The number of amides is 2. The normalized spacial score (nSPS) is 10.6. The van der Waals surface area contributed by atoms with Crippen molar-refractivity contribution in [3.05, 3.63) is 94.5 Å². The van der Waals surface area contributed by atoms with Crippen LogP contribution in [0.3, 0.4) is 0 Å². The molecule has 0 spiro atoms. The van der Waals surface area contributed by atoms with E-state index in [0.717, 1.165) is 0 Å². The number of carbonyl (C=O) groups excluding carboxylic acids is 2. The zero-order valence-electron chi connectivity index (χ0n) is 20.0. The van der Waals surface area contributed by atoms with E-state index in [0.29, 0.717) is 57.3 Å². The van der Waals surface area contributed by atoms with Crippen LogP contribution in [0.1, 0.15) is 18.1 Å². The lowest BCUT2D eigenvalue weighted by Gasteiger charge is -2.14. The van der Waals surface area contributed by atoms with Crippen molar-refractivity contribution in [2.75, 3.05) is 18.5 Å². The van der Waals surface area contributed by atoms with Crippen molar-refractivity contribution < 1.29 is 23.8 Å². The molecule has 0 aliphatic rings. The number of ether oxygens (including phenoxy) is 3. The number of halogens is 2. The van der Waals surface area contributed by atoms with Crippen LogP contribution in [0.5, 0.6) is 17.2 Å². The third kappa shape index (κ3) is 8.27. The maximum atomic E-state index is 12.1. The Morgan fingerprint density at radius 1 is 0.946 bits per heavy atom. The Labute approximate surface area is 224 Å². The molecule has 0 aliphatic heterocycles. The molecular weight excluding hydrogens is 517 g/mol. The number of hydrazone groups is 1. The Balaban J connectivity index is 1.57. The summed E-state index contributed by atoms with van der Waals surface area (Å²) in [5, 5.41) is 7.35. The minimum atomic E-state index is -0.926. The van der Waals surface area contributed by atoms with Gasteiger partial charge in [-0.3, -0.25) is 9.59 Å². The van der Waals surface area contributed by atoms with E-state index in [9.17, 15) is 9.59 Å². The molecule has 3 aromatic rings. The maximum absolute atomic E-state index is 12.1. The second kappa shape index (κ2) is 13.9. The van der Waals surface area contributed by atoms with E-state index in [4.69, 9.17) is 37.4 Å². The van der Waals surface area contributed by atoms with Crippen LogP contribution < -0.4 is 25.0 Å². The minimum Gasteiger partial charge on any atom is -0.490 e. The molecule has 2 N–H and O–H groups in total. The molecule has 0 bridgehead atoms. The van der Waals surface area contributed by atoms with E-state index in [-0.39, 0.29) is 6.61 Å². The number of carbonyl (C=O) groups is 2. The molecule has 8 nitrogen and oxygen atoms in total. The van der Waals surface area contributed by atoms with Crippen LogP contribution in [0.4, 0.5) is 5.69 Å². The number of benzene rings is 3. The van der Waals surface area contributed by atoms with Gasteiger partial charge in [-0.1, -0.05) is 41.9 Å². The van der Waals surface area contributed by atoms with Gasteiger partial charge in [0.05, 0.1) is 12.8 Å². The van der Waals surface area contributed by atoms with Crippen molar-refractivity contribution in [2.45, 2.75) is 13.5 Å². The number of nitrogens with zero attached hydrogens (tertiary/aromatic N) is 1. The SMILES string of the molecule is C=CCOc1ccc(NC(=O)C(=O)N/N=C\c2ccc(OCc3c(Cl)cccc3Cl)c(OCC)c2)cc1. The molecule has 2 amide bonds. The lowest BCUT2D eigenvalue weighted by atomic mass is 10.2. The topological polar surface area (TPSA) is 98.2 Å². The molecule has 0 aliphatic carbocycles. The summed E-state index contributed by atoms with van der Waals surface area (Å²) >= 11 is 12.4. The molecule has 0 saturated carbocycles. The Morgan fingerprint density at radius 3 is 2.35 bits per heavy atom. The fraction of sp³-hybridized carbons (Fsp3) is 0.148. The number of anilines is 1. The van der Waals surface area contributed by atoms with Crippen molar-refractivity contribution in [1.82, 2.24) is 5.43 Å². The molecule has 0 saturated heterocycles. The van der Waals surface area contributed by atoms with E-state index < -0.39 is 11.8 Å². The number of rotatable bonds is 11. The highest BCUT2D eigenvalue weighted by Crippen LogP contribution is 2.31. The minimum absolute atomic E-state index is 0.155. The summed E-state index contributed by atoms with van der Waals surface area (Å²) in [5.74, 6) is -0.222. The first-order valence-electron chi connectivity index (χ1n) is 11.2. The van der Waals surface area contributed by atoms with Crippen molar-refractivity contribution in [3.63, 3.8) is 0 Å². The fourth-order valence-electron chi connectivity index (χ4n) is 3.01. The predicted octanol–water partition coefficient (Wildman–Crippen LogP) is 5.62. The molecule has 192 valence electrons. The average molecular weight is 542 g/mol. The van der Waals surface area contributed by atoms with Crippen molar-refractivity contribution in [2.24, 2.45) is 5.10 Å². The summed E-state index contributed by atoms with van der Waals surface area (Å²) in [5.41, 5.74) is 3.91. The smallest absolute Gasteiger partial charge is 0.329 e. The van der Waals surface area contributed by atoms with E-state index in [1.54, 1.807) is 66.7 Å². The maximum Gasteiger partial charge on any atom is 0.329 e. The van der Waals surface area contributed by atoms with Gasteiger partial charge in [-0.2, -0.15) is 5.10 Å². The van der Waals surface area contributed by atoms with Gasteiger partial charge in [-0.25, -0.2) is 5.43 Å². The van der Waals surface area contributed by atoms with E-state index in [2.05, 4.69) is 22.4 Å². The molecule has 0 unspecified atom stereocenters. The first-order valence-corrected chi connectivity index (χ1v) is 12.0. The Hall–Kier alpha value is -4.01. The van der Waals surface area contributed by atoms with Crippen LogP contribution in [0.2, 0.25) is 10.0 Å². The number of nitrogens with one attached hydrogen (secondary N) is 2. The van der Waals surface area contributed by atoms with Gasteiger partial charge in [-0.15, -0.1) is 0 Å². The second-order valence-electron chi connectivity index (χ2n) is 7.41. The first-order chi connectivity index (χ1) is 17.9. The molecule has 0 fully saturated rings. The van der Waals surface area contributed by atoms with Gasteiger partial charge in [0.1, 0.15) is 19.0 Å². The van der Waals surface area contributed by atoms with Crippen LogP contribution in [-0.4, -0.2) is 31.2 Å². The molecule has 0 radical (unpaired) electrons. The van der Waals surface area contributed by atoms with Gasteiger partial charge in [0.25, 0.3) is 0 Å². The van der Waals surface area contributed by atoms with Crippen molar-refractivity contribution in [1.29, 1.82) is 0 Å². The Bertz CT molecular complexity index is 1260. The predicted molar refractivity (Wildman–Crippen MR) is 145 cm³/mol. The quantitative estimate of drug-likeness (QED) is 0.142. The molecule has 0 heterocycles. The van der Waals surface area contributed by atoms with Crippen LogP contribution in [0, 0.1) is 0 Å². The molecule has 37 heavy (non-hydrogen) atoms. The number of hydrogen-bond donors (Lipinski definition) is 2. The van der Waals surface area contributed by atoms with E-state index in [1.807, 2.05) is 6.92 Å². The lowest BCUT2D eigenvalue weighted by Crippen LogP contribution is -2.32. The summed E-state index contributed by atoms with van der Waals surface area (Å²) in [7, 11) is 0. The summed E-state index contributed by atoms with van der Waals surface area (Å²) in [6.07, 6.45) is 3.01. The highest BCUT2D eigenvalue weighted by Gasteiger charge is 2.13. The van der Waals surface area contributed by atoms with Crippen LogP contribution in [-0.2, 0) is 16.2 Å². The van der Waals surface area contributed by atoms with Crippen LogP contribution in [0.15, 0.2) is 78.4 Å². The first kappa shape index (κ1) is 27.6. The summed E-state index contributed by atoms with van der Waals surface area (Å²) < 4.78 is 16.9. The Kier molecular flexibility index (Phi) is 10.4. The Morgan fingerprint density at radius 2 is 1.68 bits per heavy atom.